The van der Waals surface area contributed by atoms with Gasteiger partial charge in [0.2, 0.25) is 0 Å². The van der Waals surface area contributed by atoms with E-state index < -0.39 is 5.97 Å². The molecule has 138 valence electrons. The Morgan fingerprint density at radius 1 is 1.15 bits per heavy atom. The van der Waals surface area contributed by atoms with Crippen molar-refractivity contribution in [2.45, 2.75) is 18.1 Å². The van der Waals surface area contributed by atoms with Gasteiger partial charge in [-0.1, -0.05) is 42.1 Å². The van der Waals surface area contributed by atoms with E-state index in [9.17, 15) is 9.59 Å². The van der Waals surface area contributed by atoms with E-state index in [-0.39, 0.29) is 18.3 Å². The lowest BCUT2D eigenvalue weighted by Gasteiger charge is -2.29. The molecule has 27 heavy (non-hydrogen) atoms. The SMILES string of the molecule is O=C(CSc1nc2ccccc2o1)OCC(=O)N1CCCc2ccccc21. The fourth-order valence-corrected chi connectivity index (χ4v) is 3.72. The Morgan fingerprint density at radius 2 is 1.96 bits per heavy atom. The summed E-state index contributed by atoms with van der Waals surface area (Å²) in [6, 6.07) is 15.2. The largest absolute Gasteiger partial charge is 0.455 e. The maximum atomic E-state index is 12.5. The minimum atomic E-state index is -0.471. The Bertz CT molecular complexity index is 952. The van der Waals surface area contributed by atoms with E-state index in [1.807, 2.05) is 48.5 Å². The summed E-state index contributed by atoms with van der Waals surface area (Å²) in [7, 11) is 0. The van der Waals surface area contributed by atoms with Crippen LogP contribution in [-0.4, -0.2) is 35.8 Å². The summed E-state index contributed by atoms with van der Waals surface area (Å²) in [4.78, 5) is 30.4. The zero-order chi connectivity index (χ0) is 18.6. The molecule has 4 rings (SSSR count). The molecule has 0 spiro atoms. The topological polar surface area (TPSA) is 72.6 Å². The van der Waals surface area contributed by atoms with Crippen molar-refractivity contribution in [3.8, 4) is 0 Å². The van der Waals surface area contributed by atoms with Gasteiger partial charge in [-0.25, -0.2) is 4.98 Å². The molecule has 7 heteroatoms. The molecule has 2 heterocycles. The monoisotopic (exact) mass is 382 g/mol. The van der Waals surface area contributed by atoms with Gasteiger partial charge in [0.25, 0.3) is 11.1 Å². The third-order valence-corrected chi connectivity index (χ3v) is 5.16. The van der Waals surface area contributed by atoms with Crippen LogP contribution in [0.4, 0.5) is 5.69 Å². The van der Waals surface area contributed by atoms with Gasteiger partial charge in [0, 0.05) is 12.2 Å². The number of esters is 1. The smallest absolute Gasteiger partial charge is 0.316 e. The van der Waals surface area contributed by atoms with Crippen molar-refractivity contribution < 1.29 is 18.7 Å². The number of para-hydroxylation sites is 3. The molecule has 3 aromatic rings. The van der Waals surface area contributed by atoms with Crippen LogP contribution < -0.4 is 4.90 Å². The molecule has 1 amide bonds. The maximum absolute atomic E-state index is 12.5. The van der Waals surface area contributed by atoms with E-state index in [2.05, 4.69) is 4.98 Å². The second kappa shape index (κ2) is 7.84. The number of ether oxygens (including phenoxy) is 1. The quantitative estimate of drug-likeness (QED) is 0.497. The van der Waals surface area contributed by atoms with E-state index >= 15 is 0 Å². The molecule has 0 bridgehead atoms. The Balaban J connectivity index is 1.30. The van der Waals surface area contributed by atoms with E-state index in [1.54, 1.807) is 4.90 Å². The van der Waals surface area contributed by atoms with Crippen molar-refractivity contribution in [1.82, 2.24) is 4.98 Å². The molecule has 0 saturated heterocycles. The van der Waals surface area contributed by atoms with E-state index in [4.69, 9.17) is 9.15 Å². The van der Waals surface area contributed by atoms with Gasteiger partial charge in [-0.2, -0.15) is 0 Å². The van der Waals surface area contributed by atoms with Gasteiger partial charge < -0.3 is 14.1 Å². The zero-order valence-corrected chi connectivity index (χ0v) is 15.4. The first kappa shape index (κ1) is 17.6. The lowest BCUT2D eigenvalue weighted by molar-refractivity contribution is -0.145. The van der Waals surface area contributed by atoms with Crippen molar-refractivity contribution in [1.29, 1.82) is 0 Å². The van der Waals surface area contributed by atoms with Gasteiger partial charge in [-0.05, 0) is 36.6 Å². The summed E-state index contributed by atoms with van der Waals surface area (Å²) in [5.74, 6) is -0.639. The fraction of sp³-hybridized carbons (Fsp3) is 0.250. The number of anilines is 1. The van der Waals surface area contributed by atoms with Gasteiger partial charge in [0.15, 0.2) is 12.2 Å². The van der Waals surface area contributed by atoms with Crippen molar-refractivity contribution in [2.24, 2.45) is 0 Å². The highest BCUT2D eigenvalue weighted by atomic mass is 32.2. The fourth-order valence-electron chi connectivity index (χ4n) is 3.09. The van der Waals surface area contributed by atoms with Crippen LogP contribution in [0.1, 0.15) is 12.0 Å². The number of aryl methyl sites for hydroxylation is 1. The third kappa shape index (κ3) is 3.98. The molecule has 0 unspecified atom stereocenters. The predicted octanol–water partition coefficient (Wildman–Crippen LogP) is 3.44. The Hall–Kier alpha value is -2.80. The van der Waals surface area contributed by atoms with Gasteiger partial charge in [0.05, 0.1) is 0 Å². The molecule has 0 N–H and O–H groups in total. The highest BCUT2D eigenvalue weighted by Gasteiger charge is 2.23. The van der Waals surface area contributed by atoms with E-state index in [1.165, 1.54) is 0 Å². The summed E-state index contributed by atoms with van der Waals surface area (Å²) in [6.07, 6.45) is 1.87. The minimum Gasteiger partial charge on any atom is -0.455 e. The molecule has 1 aliphatic rings. The van der Waals surface area contributed by atoms with E-state index in [0.717, 1.165) is 41.4 Å². The van der Waals surface area contributed by atoms with Crippen LogP contribution >= 0.6 is 11.8 Å². The first-order valence-electron chi connectivity index (χ1n) is 8.73. The molecular formula is C20H18N2O4S. The normalized spacial score (nSPS) is 13.4. The number of hydrogen-bond acceptors (Lipinski definition) is 6. The number of rotatable bonds is 5. The van der Waals surface area contributed by atoms with Gasteiger partial charge in [-0.3, -0.25) is 9.59 Å². The molecule has 6 nitrogen and oxygen atoms in total. The van der Waals surface area contributed by atoms with Gasteiger partial charge >= 0.3 is 5.97 Å². The van der Waals surface area contributed by atoms with Crippen LogP contribution in [-0.2, 0) is 20.7 Å². The number of fused-ring (bicyclic) bond motifs is 2. The van der Waals surface area contributed by atoms with Crippen LogP contribution in [0.5, 0.6) is 0 Å². The van der Waals surface area contributed by atoms with Crippen LogP contribution in [0.25, 0.3) is 11.1 Å². The number of benzene rings is 2. The average Bonchev–Trinajstić information content (AvgIpc) is 3.13. The van der Waals surface area contributed by atoms with Gasteiger partial charge in [-0.15, -0.1) is 0 Å². The number of oxazole rings is 1. The minimum absolute atomic E-state index is 0.0384. The average molecular weight is 382 g/mol. The zero-order valence-electron chi connectivity index (χ0n) is 14.6. The summed E-state index contributed by atoms with van der Waals surface area (Å²) < 4.78 is 10.7. The second-order valence-electron chi connectivity index (χ2n) is 6.17. The highest BCUT2D eigenvalue weighted by molar-refractivity contribution is 7.99. The first-order valence-corrected chi connectivity index (χ1v) is 9.71. The Kier molecular flexibility index (Phi) is 5.11. The summed E-state index contributed by atoms with van der Waals surface area (Å²) in [5, 5.41) is 0.407. The predicted molar refractivity (Wildman–Crippen MR) is 103 cm³/mol. The molecule has 0 fully saturated rings. The number of amides is 1. The molecule has 0 saturated carbocycles. The highest BCUT2D eigenvalue weighted by Crippen LogP contribution is 2.27. The Labute approximate surface area is 160 Å². The summed E-state index contributed by atoms with van der Waals surface area (Å²) in [6.45, 7) is 0.381. The summed E-state index contributed by atoms with van der Waals surface area (Å²) in [5.41, 5.74) is 3.47. The maximum Gasteiger partial charge on any atom is 0.316 e. The number of thioether (sulfide) groups is 1. The van der Waals surface area contributed by atoms with Crippen LogP contribution in [0.15, 0.2) is 58.2 Å². The molecular weight excluding hydrogens is 364 g/mol. The van der Waals surface area contributed by atoms with Crippen molar-refractivity contribution in [3.63, 3.8) is 0 Å². The number of nitrogens with zero attached hydrogens (tertiary/aromatic N) is 2. The first-order chi connectivity index (χ1) is 13.2. The molecule has 1 aromatic heterocycles. The second-order valence-corrected chi connectivity index (χ2v) is 7.10. The lowest BCUT2D eigenvalue weighted by atomic mass is 10.0. The number of carbonyl (C=O) groups is 2. The van der Waals surface area contributed by atoms with Crippen molar-refractivity contribution in [2.75, 3.05) is 23.8 Å². The van der Waals surface area contributed by atoms with Crippen LogP contribution in [0.3, 0.4) is 0 Å². The molecule has 0 atom stereocenters. The standard InChI is InChI=1S/C20H18N2O4S/c23-18(22-11-5-7-14-6-1-3-9-16(14)22)12-25-19(24)13-27-20-21-15-8-2-4-10-17(15)26-20/h1-4,6,8-10H,5,7,11-13H2. The van der Waals surface area contributed by atoms with Gasteiger partial charge in [0.1, 0.15) is 11.3 Å². The molecule has 1 aliphatic heterocycles. The molecule has 0 radical (unpaired) electrons. The number of aromatic nitrogens is 1. The van der Waals surface area contributed by atoms with E-state index in [0.29, 0.717) is 17.4 Å². The van der Waals surface area contributed by atoms with Crippen LogP contribution in [0.2, 0.25) is 0 Å². The lowest BCUT2D eigenvalue weighted by Crippen LogP contribution is -2.38. The van der Waals surface area contributed by atoms with Crippen LogP contribution in [0, 0.1) is 0 Å². The van der Waals surface area contributed by atoms with Crippen molar-refractivity contribution in [3.05, 3.63) is 54.1 Å². The molecule has 2 aromatic carbocycles. The Morgan fingerprint density at radius 3 is 2.85 bits per heavy atom. The third-order valence-electron chi connectivity index (χ3n) is 4.36. The summed E-state index contributed by atoms with van der Waals surface area (Å²) >= 11 is 1.15. The number of hydrogen-bond donors (Lipinski definition) is 0. The molecule has 0 aliphatic carbocycles. The van der Waals surface area contributed by atoms with Crippen molar-refractivity contribution >= 4 is 40.4 Å². The number of carbonyl (C=O) groups excluding carboxylic acids is 2.